The van der Waals surface area contributed by atoms with Gasteiger partial charge < -0.3 is 10.1 Å². The van der Waals surface area contributed by atoms with E-state index in [4.69, 9.17) is 4.74 Å². The zero-order valence-corrected chi connectivity index (χ0v) is 13.8. The van der Waals surface area contributed by atoms with Gasteiger partial charge in [-0.2, -0.15) is 0 Å². The summed E-state index contributed by atoms with van der Waals surface area (Å²) in [5, 5.41) is 3.32. The Bertz CT molecular complexity index is 297. The van der Waals surface area contributed by atoms with Crippen molar-refractivity contribution >= 4 is 5.97 Å². The minimum Gasteiger partial charge on any atom is -0.465 e. The third-order valence-electron chi connectivity index (χ3n) is 3.98. The van der Waals surface area contributed by atoms with Gasteiger partial charge in [-0.25, -0.2) is 0 Å². The van der Waals surface area contributed by atoms with Crippen molar-refractivity contribution in [3.8, 4) is 0 Å². The number of hydrogen-bond acceptors (Lipinski definition) is 5. The zero-order valence-electron chi connectivity index (χ0n) is 13.8. The third kappa shape index (κ3) is 5.04. The number of likely N-dealkylation sites (N-methyl/N-ethyl adjacent to an activating group) is 1. The highest BCUT2D eigenvalue weighted by atomic mass is 16.5. The van der Waals surface area contributed by atoms with Crippen LogP contribution in [0.3, 0.4) is 0 Å². The number of rotatable bonds is 6. The van der Waals surface area contributed by atoms with Gasteiger partial charge in [-0.05, 0) is 27.8 Å². The molecule has 0 aromatic heterocycles. The smallest absolute Gasteiger partial charge is 0.324 e. The Morgan fingerprint density at radius 3 is 2.30 bits per heavy atom. The van der Waals surface area contributed by atoms with E-state index in [1.807, 2.05) is 6.92 Å². The van der Waals surface area contributed by atoms with E-state index >= 15 is 0 Å². The highest BCUT2D eigenvalue weighted by Crippen LogP contribution is 2.13. The maximum absolute atomic E-state index is 12.1. The summed E-state index contributed by atoms with van der Waals surface area (Å²) in [5.74, 6) is -0.138. The Hall–Kier alpha value is -0.650. The lowest BCUT2D eigenvalue weighted by Crippen LogP contribution is -2.58. The minimum absolute atomic E-state index is 0.138. The number of esters is 1. The summed E-state index contributed by atoms with van der Waals surface area (Å²) in [7, 11) is 2.17. The number of ether oxygens (including phenoxy) is 1. The van der Waals surface area contributed by atoms with Crippen molar-refractivity contribution in [1.82, 2.24) is 15.1 Å². The molecule has 0 aromatic carbocycles. The molecule has 5 nitrogen and oxygen atoms in total. The lowest BCUT2D eigenvalue weighted by molar-refractivity contribution is -0.146. The number of hydrogen-bond donors (Lipinski definition) is 1. The highest BCUT2D eigenvalue weighted by Gasteiger charge is 2.30. The van der Waals surface area contributed by atoms with Crippen LogP contribution >= 0.6 is 0 Å². The average Bonchev–Trinajstić information content (AvgIpc) is 2.34. The molecular formula is C15H31N3O2. The molecule has 1 fully saturated rings. The Morgan fingerprint density at radius 1 is 1.30 bits per heavy atom. The minimum atomic E-state index is -0.238. The fraction of sp³-hybridized carbons (Fsp3) is 0.933. The molecule has 0 radical (unpaired) electrons. The van der Waals surface area contributed by atoms with Gasteiger partial charge in [0.1, 0.15) is 6.04 Å². The van der Waals surface area contributed by atoms with Crippen LogP contribution in [-0.2, 0) is 9.53 Å². The number of carbonyl (C=O) groups excluding carboxylic acids is 1. The van der Waals surface area contributed by atoms with Crippen LogP contribution in [0.2, 0.25) is 0 Å². The summed E-state index contributed by atoms with van der Waals surface area (Å²) in [6, 6.07) is 1.06. The molecule has 3 atom stereocenters. The highest BCUT2D eigenvalue weighted by molar-refractivity contribution is 5.76. The summed E-state index contributed by atoms with van der Waals surface area (Å²) in [5.41, 5.74) is 0. The van der Waals surface area contributed by atoms with Crippen molar-refractivity contribution in [2.24, 2.45) is 0 Å². The van der Waals surface area contributed by atoms with Gasteiger partial charge in [0, 0.05) is 37.8 Å². The second-order valence-corrected chi connectivity index (χ2v) is 6.21. The van der Waals surface area contributed by atoms with Gasteiger partial charge in [-0.15, -0.1) is 0 Å². The Balaban J connectivity index is 2.62. The summed E-state index contributed by atoms with van der Waals surface area (Å²) >= 11 is 0. The van der Waals surface area contributed by atoms with Crippen LogP contribution in [0.15, 0.2) is 0 Å². The van der Waals surface area contributed by atoms with Crippen LogP contribution in [0.25, 0.3) is 0 Å². The van der Waals surface area contributed by atoms with E-state index in [9.17, 15) is 4.79 Å². The Morgan fingerprint density at radius 2 is 1.85 bits per heavy atom. The predicted octanol–water partition coefficient (Wildman–Crippen LogP) is 0.941. The van der Waals surface area contributed by atoms with Crippen LogP contribution in [0.5, 0.6) is 0 Å². The summed E-state index contributed by atoms with van der Waals surface area (Å²) in [6.07, 6.45) is 0. The lowest BCUT2D eigenvalue weighted by atomic mass is 10.1. The van der Waals surface area contributed by atoms with Crippen molar-refractivity contribution in [2.45, 2.75) is 58.8 Å². The average molecular weight is 285 g/mol. The Labute approximate surface area is 123 Å². The van der Waals surface area contributed by atoms with Crippen LogP contribution in [0, 0.1) is 0 Å². The molecular weight excluding hydrogens is 254 g/mol. The first-order valence-electron chi connectivity index (χ1n) is 7.72. The fourth-order valence-corrected chi connectivity index (χ4v) is 2.76. The van der Waals surface area contributed by atoms with Crippen molar-refractivity contribution in [3.63, 3.8) is 0 Å². The molecule has 1 saturated heterocycles. The monoisotopic (exact) mass is 285 g/mol. The molecule has 1 heterocycles. The molecule has 1 rings (SSSR count). The standard InChI is InChI=1S/C15H31N3O2/c1-7-20-15(19)14(16-11(2)3)10-18-8-12(4)17(6)13(5)9-18/h11-14,16H,7-10H2,1-6H3. The van der Waals surface area contributed by atoms with Crippen LogP contribution in [0.4, 0.5) is 0 Å². The Kier molecular flexibility index (Phi) is 6.92. The maximum Gasteiger partial charge on any atom is 0.324 e. The molecule has 1 aliphatic rings. The van der Waals surface area contributed by atoms with E-state index in [0.29, 0.717) is 18.7 Å². The van der Waals surface area contributed by atoms with E-state index in [-0.39, 0.29) is 18.1 Å². The maximum atomic E-state index is 12.1. The van der Waals surface area contributed by atoms with E-state index in [0.717, 1.165) is 19.6 Å². The van der Waals surface area contributed by atoms with E-state index in [2.05, 4.69) is 49.9 Å². The molecule has 1 N–H and O–H groups in total. The van der Waals surface area contributed by atoms with Gasteiger partial charge in [0.15, 0.2) is 0 Å². The van der Waals surface area contributed by atoms with Crippen molar-refractivity contribution in [1.29, 1.82) is 0 Å². The second-order valence-electron chi connectivity index (χ2n) is 6.21. The normalized spacial score (nSPS) is 26.8. The first-order valence-corrected chi connectivity index (χ1v) is 7.72. The predicted molar refractivity (Wildman–Crippen MR) is 81.8 cm³/mol. The first kappa shape index (κ1) is 17.4. The summed E-state index contributed by atoms with van der Waals surface area (Å²) in [4.78, 5) is 16.8. The molecule has 118 valence electrons. The molecule has 0 bridgehead atoms. The lowest BCUT2D eigenvalue weighted by Gasteiger charge is -2.43. The van der Waals surface area contributed by atoms with Gasteiger partial charge in [0.2, 0.25) is 0 Å². The SMILES string of the molecule is CCOC(=O)C(CN1CC(C)N(C)C(C)C1)NC(C)C. The van der Waals surface area contributed by atoms with Crippen LogP contribution in [0.1, 0.15) is 34.6 Å². The fourth-order valence-electron chi connectivity index (χ4n) is 2.76. The van der Waals surface area contributed by atoms with E-state index in [1.165, 1.54) is 0 Å². The van der Waals surface area contributed by atoms with Gasteiger partial charge in [-0.3, -0.25) is 14.6 Å². The molecule has 20 heavy (non-hydrogen) atoms. The molecule has 5 heteroatoms. The van der Waals surface area contributed by atoms with Gasteiger partial charge >= 0.3 is 5.97 Å². The number of nitrogens with zero attached hydrogens (tertiary/aromatic N) is 2. The number of carbonyl (C=O) groups is 1. The molecule has 0 aliphatic carbocycles. The summed E-state index contributed by atoms with van der Waals surface area (Å²) < 4.78 is 5.18. The summed E-state index contributed by atoms with van der Waals surface area (Å²) in [6.45, 7) is 13.6. The second kappa shape index (κ2) is 7.96. The largest absolute Gasteiger partial charge is 0.465 e. The molecule has 0 saturated carbocycles. The van der Waals surface area contributed by atoms with Gasteiger partial charge in [0.05, 0.1) is 6.61 Å². The van der Waals surface area contributed by atoms with Crippen molar-refractivity contribution in [2.75, 3.05) is 33.3 Å². The van der Waals surface area contributed by atoms with Crippen molar-refractivity contribution < 1.29 is 9.53 Å². The molecule has 0 amide bonds. The first-order chi connectivity index (χ1) is 9.35. The molecule has 3 unspecified atom stereocenters. The van der Waals surface area contributed by atoms with Gasteiger partial charge in [-0.1, -0.05) is 13.8 Å². The van der Waals surface area contributed by atoms with Crippen LogP contribution in [-0.4, -0.2) is 73.2 Å². The number of nitrogens with one attached hydrogen (secondary N) is 1. The zero-order chi connectivity index (χ0) is 15.3. The number of piperazine rings is 1. The van der Waals surface area contributed by atoms with Crippen molar-refractivity contribution in [3.05, 3.63) is 0 Å². The van der Waals surface area contributed by atoms with E-state index < -0.39 is 0 Å². The molecule has 1 aliphatic heterocycles. The quantitative estimate of drug-likeness (QED) is 0.736. The molecule has 0 spiro atoms. The third-order valence-corrected chi connectivity index (χ3v) is 3.98. The van der Waals surface area contributed by atoms with Gasteiger partial charge in [0.25, 0.3) is 0 Å². The molecule has 0 aromatic rings. The van der Waals surface area contributed by atoms with Crippen LogP contribution < -0.4 is 5.32 Å². The topological polar surface area (TPSA) is 44.8 Å². The van der Waals surface area contributed by atoms with E-state index in [1.54, 1.807) is 0 Å².